The van der Waals surface area contributed by atoms with Crippen molar-refractivity contribution in [3.63, 3.8) is 0 Å². The number of rotatable bonds is 14. The Kier molecular flexibility index (Phi) is 10.8. The summed E-state index contributed by atoms with van der Waals surface area (Å²) in [6.07, 6.45) is 8.83. The maximum atomic E-state index is 14.3. The Bertz CT molecular complexity index is 1450. The van der Waals surface area contributed by atoms with Crippen LogP contribution in [0.1, 0.15) is 69.4 Å². The average molecular weight is 634 g/mol. The van der Waals surface area contributed by atoms with Crippen LogP contribution in [-0.2, 0) is 36.9 Å². The molecule has 0 aromatic heterocycles. The summed E-state index contributed by atoms with van der Waals surface area (Å²) in [5.41, 5.74) is 0.990. The molecule has 2 amide bonds. The summed E-state index contributed by atoms with van der Waals surface area (Å²) in [7, 11) is 1.33. The third kappa shape index (κ3) is 7.59. The highest BCUT2D eigenvalue weighted by Gasteiger charge is 2.61. The van der Waals surface area contributed by atoms with E-state index < -0.39 is 29.6 Å². The number of anilines is 1. The Labute approximate surface area is 270 Å². The van der Waals surface area contributed by atoms with E-state index in [1.165, 1.54) is 29.4 Å². The minimum atomic E-state index is -0.955. The second kappa shape index (κ2) is 14.9. The van der Waals surface area contributed by atoms with Crippen LogP contribution in [0.15, 0.2) is 60.7 Å². The minimum absolute atomic E-state index is 0.0406. The van der Waals surface area contributed by atoms with Crippen molar-refractivity contribution in [1.82, 2.24) is 9.80 Å². The van der Waals surface area contributed by atoms with Crippen molar-refractivity contribution < 1.29 is 33.0 Å². The first-order valence-electron chi connectivity index (χ1n) is 16.3. The fourth-order valence-electron chi connectivity index (χ4n) is 6.70. The lowest BCUT2D eigenvalue weighted by Crippen LogP contribution is -2.44. The van der Waals surface area contributed by atoms with Gasteiger partial charge < -0.3 is 19.7 Å². The zero-order valence-electron chi connectivity index (χ0n) is 26.7. The van der Waals surface area contributed by atoms with Gasteiger partial charge in [-0.25, -0.2) is 9.18 Å². The summed E-state index contributed by atoms with van der Waals surface area (Å²) in [5.74, 6) is -1.47. The van der Waals surface area contributed by atoms with Crippen molar-refractivity contribution in [1.29, 1.82) is 0 Å². The molecule has 2 aromatic carbocycles. The van der Waals surface area contributed by atoms with Crippen LogP contribution in [0.4, 0.5) is 14.9 Å². The van der Waals surface area contributed by atoms with Crippen molar-refractivity contribution in [3.05, 3.63) is 77.6 Å². The van der Waals surface area contributed by atoms with Gasteiger partial charge in [0.1, 0.15) is 11.9 Å². The van der Waals surface area contributed by atoms with E-state index in [0.29, 0.717) is 12.0 Å². The van der Waals surface area contributed by atoms with Gasteiger partial charge in [0.25, 0.3) is 0 Å². The van der Waals surface area contributed by atoms with E-state index in [1.54, 1.807) is 12.1 Å². The van der Waals surface area contributed by atoms with Gasteiger partial charge in [-0.05, 0) is 48.9 Å². The number of carbonyl (C=O) groups is 4. The van der Waals surface area contributed by atoms with Crippen molar-refractivity contribution in [2.75, 3.05) is 25.5 Å². The topological polar surface area (TPSA) is 105 Å². The number of ketones is 1. The minimum Gasteiger partial charge on any atom is -0.469 e. The van der Waals surface area contributed by atoms with Crippen LogP contribution >= 0.6 is 0 Å². The van der Waals surface area contributed by atoms with E-state index in [4.69, 9.17) is 9.47 Å². The van der Waals surface area contributed by atoms with Crippen LogP contribution in [0, 0.1) is 17.2 Å². The average Bonchev–Trinajstić information content (AvgIpc) is 3.37. The largest absolute Gasteiger partial charge is 0.469 e. The zero-order valence-corrected chi connectivity index (χ0v) is 26.7. The fraction of sp³-hybridized carbons (Fsp3) is 0.500. The summed E-state index contributed by atoms with van der Waals surface area (Å²) in [6, 6.07) is 13.1. The van der Waals surface area contributed by atoms with Gasteiger partial charge in [0.2, 0.25) is 5.91 Å². The molecular formula is C36H44FN3O6. The number of benzene rings is 2. The molecule has 5 rings (SSSR count). The van der Waals surface area contributed by atoms with E-state index in [0.717, 1.165) is 36.9 Å². The molecule has 46 heavy (non-hydrogen) atoms. The molecule has 1 saturated carbocycles. The number of nitrogens with zero attached hydrogens (tertiary/aromatic N) is 2. The van der Waals surface area contributed by atoms with Crippen LogP contribution in [-0.4, -0.2) is 65.9 Å². The Morgan fingerprint density at radius 3 is 2.59 bits per heavy atom. The summed E-state index contributed by atoms with van der Waals surface area (Å²) in [5, 5.41) is 3.10. The van der Waals surface area contributed by atoms with Crippen molar-refractivity contribution in [3.8, 4) is 0 Å². The van der Waals surface area contributed by atoms with Gasteiger partial charge in [-0.3, -0.25) is 19.3 Å². The predicted octanol–water partition coefficient (Wildman–Crippen LogP) is 6.02. The van der Waals surface area contributed by atoms with Gasteiger partial charge in [-0.2, -0.15) is 0 Å². The van der Waals surface area contributed by atoms with Crippen molar-refractivity contribution in [2.24, 2.45) is 11.3 Å². The van der Waals surface area contributed by atoms with Gasteiger partial charge in [-0.1, -0.05) is 68.7 Å². The van der Waals surface area contributed by atoms with Gasteiger partial charge in [0.15, 0.2) is 5.78 Å². The molecule has 2 aromatic rings. The third-order valence-electron chi connectivity index (χ3n) is 9.43. The number of allylic oxidation sites excluding steroid dienone is 2. The SMILES string of the molecule is CCCCCC/C=C\[C@@H]1C[C@]1(CC(=O)[C@@H]1C[C@@H](OC(=O)N2Cc3cccc(F)c3C2)CN1C(=O)CNc1ccccc1)C(=O)OC. The highest BCUT2D eigenvalue weighted by atomic mass is 19.1. The molecule has 4 atom stereocenters. The quantitative estimate of drug-likeness (QED) is 0.154. The molecule has 2 heterocycles. The maximum absolute atomic E-state index is 14.3. The Hall–Kier alpha value is -4.21. The molecule has 9 nitrogen and oxygen atoms in total. The van der Waals surface area contributed by atoms with Gasteiger partial charge in [0, 0.05) is 30.6 Å². The number of unbranched alkanes of at least 4 members (excludes halogenated alkanes) is 4. The van der Waals surface area contributed by atoms with E-state index in [-0.39, 0.29) is 62.4 Å². The molecule has 2 aliphatic heterocycles. The zero-order chi connectivity index (χ0) is 32.7. The van der Waals surface area contributed by atoms with Crippen LogP contribution < -0.4 is 5.32 Å². The fourth-order valence-corrected chi connectivity index (χ4v) is 6.70. The lowest BCUT2D eigenvalue weighted by molar-refractivity contribution is -0.150. The molecular weight excluding hydrogens is 589 g/mol. The number of esters is 1. The molecule has 10 heteroatoms. The molecule has 2 fully saturated rings. The smallest absolute Gasteiger partial charge is 0.410 e. The maximum Gasteiger partial charge on any atom is 0.410 e. The monoisotopic (exact) mass is 633 g/mol. The van der Waals surface area contributed by atoms with E-state index in [9.17, 15) is 23.6 Å². The number of fused-ring (bicyclic) bond motifs is 1. The normalized spacial score (nSPS) is 23.3. The van der Waals surface area contributed by atoms with E-state index >= 15 is 0 Å². The van der Waals surface area contributed by atoms with Gasteiger partial charge >= 0.3 is 12.1 Å². The molecule has 0 unspecified atom stereocenters. The Balaban J connectivity index is 1.26. The number of ether oxygens (including phenoxy) is 2. The number of Topliss-reactive ketones (excluding diaryl/α,β-unsaturated/α-hetero) is 1. The standard InChI is InChI=1S/C36H44FN3O6/c1-3-4-5-6-7-9-14-26-19-36(26,34(43)45-2)20-32(41)31-18-28(23-40(31)33(42)21-38-27-15-10-8-11-16-27)46-35(44)39-22-25-13-12-17-30(37)29(25)24-39/h8-17,26,28,31,38H,3-7,18-24H2,1-2H3/b14-9-/t26-,28-,31+,36-/m1/s1. The van der Waals surface area contributed by atoms with Crippen LogP contribution in [0.5, 0.6) is 0 Å². The molecule has 3 aliphatic rings. The number of halogens is 1. The molecule has 0 radical (unpaired) electrons. The number of para-hydroxylation sites is 1. The summed E-state index contributed by atoms with van der Waals surface area (Å²) in [4.78, 5) is 56.5. The number of amides is 2. The first kappa shape index (κ1) is 33.2. The summed E-state index contributed by atoms with van der Waals surface area (Å²) < 4.78 is 25.2. The first-order chi connectivity index (χ1) is 22.3. The third-order valence-corrected chi connectivity index (χ3v) is 9.43. The molecule has 1 aliphatic carbocycles. The Morgan fingerprint density at radius 2 is 1.85 bits per heavy atom. The second-order valence-electron chi connectivity index (χ2n) is 12.6. The lowest BCUT2D eigenvalue weighted by atomic mass is 9.92. The van der Waals surface area contributed by atoms with Crippen LogP contribution in [0.2, 0.25) is 0 Å². The highest BCUT2D eigenvalue weighted by molar-refractivity contribution is 5.95. The van der Waals surface area contributed by atoms with Gasteiger partial charge in [0.05, 0.1) is 38.2 Å². The second-order valence-corrected chi connectivity index (χ2v) is 12.6. The summed E-state index contributed by atoms with van der Waals surface area (Å²) in [6.45, 7) is 2.47. The number of hydrogen-bond acceptors (Lipinski definition) is 7. The number of methoxy groups -OCH3 is 1. The van der Waals surface area contributed by atoms with Crippen LogP contribution in [0.25, 0.3) is 0 Å². The number of carbonyl (C=O) groups excluding carboxylic acids is 4. The molecule has 1 saturated heterocycles. The molecule has 0 spiro atoms. The first-order valence-corrected chi connectivity index (χ1v) is 16.3. The van der Waals surface area contributed by atoms with E-state index in [1.807, 2.05) is 36.4 Å². The van der Waals surface area contributed by atoms with E-state index in [2.05, 4.69) is 18.3 Å². The lowest BCUT2D eigenvalue weighted by Gasteiger charge is -2.25. The molecule has 0 bridgehead atoms. The predicted molar refractivity (Wildman–Crippen MR) is 171 cm³/mol. The molecule has 246 valence electrons. The Morgan fingerprint density at radius 1 is 1.04 bits per heavy atom. The number of likely N-dealkylation sites (tertiary alicyclic amines) is 1. The number of nitrogens with one attached hydrogen (secondary N) is 1. The van der Waals surface area contributed by atoms with Crippen molar-refractivity contribution in [2.45, 2.75) is 83.5 Å². The van der Waals surface area contributed by atoms with Crippen molar-refractivity contribution >= 4 is 29.4 Å². The van der Waals surface area contributed by atoms with Crippen LogP contribution in [0.3, 0.4) is 0 Å². The molecule has 1 N–H and O–H groups in total. The number of hydrogen-bond donors (Lipinski definition) is 1. The highest BCUT2D eigenvalue weighted by Crippen LogP contribution is 2.57. The summed E-state index contributed by atoms with van der Waals surface area (Å²) >= 11 is 0. The van der Waals surface area contributed by atoms with Gasteiger partial charge in [-0.15, -0.1) is 0 Å².